The van der Waals surface area contributed by atoms with Crippen LogP contribution in [-0.4, -0.2) is 60.6 Å². The third kappa shape index (κ3) is 7.76. The van der Waals surface area contributed by atoms with Gasteiger partial charge < -0.3 is 15.2 Å². The van der Waals surface area contributed by atoms with Gasteiger partial charge >= 0.3 is 0 Å². The van der Waals surface area contributed by atoms with Crippen LogP contribution in [0.5, 0.6) is 5.75 Å². The topological polar surface area (TPSA) is 78.9 Å². The number of rotatable bonds is 9. The minimum atomic E-state index is -0.729. The average molecular weight is 322 g/mol. The van der Waals surface area contributed by atoms with Crippen LogP contribution >= 0.6 is 0 Å². The van der Waals surface area contributed by atoms with Crippen LogP contribution in [0.3, 0.4) is 0 Å². The maximum atomic E-state index is 11.6. The molecule has 0 aliphatic carbocycles. The molecule has 0 bridgehead atoms. The predicted molar refractivity (Wildman–Crippen MR) is 88.7 cm³/mol. The van der Waals surface area contributed by atoms with Crippen molar-refractivity contribution in [2.24, 2.45) is 0 Å². The number of nitrogens with zero attached hydrogens (tertiary/aromatic N) is 1. The standard InChI is InChI=1S/C17H26N2O4/c1-12(2)18-17(22)10-19(4)9-15(21)11-23-16-7-5-6-14(8-16)13(3)20/h5-8,12,15,21H,9-11H2,1-4H3,(H,18,22)/t15-/m1/s1. The van der Waals surface area contributed by atoms with Crippen LogP contribution < -0.4 is 10.1 Å². The molecule has 23 heavy (non-hydrogen) atoms. The lowest BCUT2D eigenvalue weighted by Gasteiger charge is -2.21. The highest BCUT2D eigenvalue weighted by Gasteiger charge is 2.13. The lowest BCUT2D eigenvalue weighted by molar-refractivity contribution is -0.122. The van der Waals surface area contributed by atoms with Crippen molar-refractivity contribution in [2.75, 3.05) is 26.7 Å². The number of carbonyl (C=O) groups excluding carboxylic acids is 2. The minimum Gasteiger partial charge on any atom is -0.491 e. The third-order valence-electron chi connectivity index (χ3n) is 3.07. The summed E-state index contributed by atoms with van der Waals surface area (Å²) in [6, 6.07) is 6.93. The Kier molecular flexibility index (Phi) is 7.71. The Morgan fingerprint density at radius 1 is 1.35 bits per heavy atom. The number of ether oxygens (including phenoxy) is 1. The largest absolute Gasteiger partial charge is 0.491 e. The molecule has 0 saturated heterocycles. The van der Waals surface area contributed by atoms with Crippen LogP contribution in [0.4, 0.5) is 0 Å². The quantitative estimate of drug-likeness (QED) is 0.665. The molecule has 0 radical (unpaired) electrons. The Balaban J connectivity index is 2.39. The Morgan fingerprint density at radius 3 is 2.65 bits per heavy atom. The molecule has 0 aromatic heterocycles. The lowest BCUT2D eigenvalue weighted by Crippen LogP contribution is -2.42. The Hall–Kier alpha value is -1.92. The van der Waals surface area contributed by atoms with Crippen molar-refractivity contribution < 1.29 is 19.4 Å². The summed E-state index contributed by atoms with van der Waals surface area (Å²) >= 11 is 0. The number of ketones is 1. The molecule has 1 atom stereocenters. The number of nitrogens with one attached hydrogen (secondary N) is 1. The fourth-order valence-corrected chi connectivity index (χ4v) is 2.09. The van der Waals surface area contributed by atoms with Gasteiger partial charge in [-0.15, -0.1) is 0 Å². The molecule has 1 amide bonds. The molecule has 0 heterocycles. The second-order valence-electron chi connectivity index (χ2n) is 5.97. The van der Waals surface area contributed by atoms with Crippen LogP contribution in [0, 0.1) is 0 Å². The second kappa shape index (κ2) is 9.27. The van der Waals surface area contributed by atoms with Crippen LogP contribution in [0.1, 0.15) is 31.1 Å². The highest BCUT2D eigenvalue weighted by atomic mass is 16.5. The first-order valence-electron chi connectivity index (χ1n) is 7.67. The number of likely N-dealkylation sites (N-methyl/N-ethyl adjacent to an activating group) is 1. The van der Waals surface area contributed by atoms with Crippen molar-refractivity contribution in [2.45, 2.75) is 32.9 Å². The molecule has 6 nitrogen and oxygen atoms in total. The van der Waals surface area contributed by atoms with E-state index in [0.29, 0.717) is 17.9 Å². The van der Waals surface area contributed by atoms with Crippen molar-refractivity contribution >= 4 is 11.7 Å². The molecule has 2 N–H and O–H groups in total. The van der Waals surface area contributed by atoms with Gasteiger partial charge in [-0.25, -0.2) is 0 Å². The molecule has 6 heteroatoms. The van der Waals surface area contributed by atoms with Crippen LogP contribution in [0.15, 0.2) is 24.3 Å². The van der Waals surface area contributed by atoms with Crippen LogP contribution in [-0.2, 0) is 4.79 Å². The van der Waals surface area contributed by atoms with Gasteiger partial charge in [-0.3, -0.25) is 14.5 Å². The number of hydrogen-bond acceptors (Lipinski definition) is 5. The van der Waals surface area contributed by atoms with Gasteiger partial charge in [0.2, 0.25) is 5.91 Å². The van der Waals surface area contributed by atoms with Crippen molar-refractivity contribution in [3.05, 3.63) is 29.8 Å². The number of benzene rings is 1. The number of aliphatic hydroxyl groups is 1. The first-order valence-corrected chi connectivity index (χ1v) is 7.67. The first-order chi connectivity index (χ1) is 10.8. The van der Waals surface area contributed by atoms with Gasteiger partial charge in [0.1, 0.15) is 18.5 Å². The van der Waals surface area contributed by atoms with Gasteiger partial charge in [0.25, 0.3) is 0 Å². The zero-order chi connectivity index (χ0) is 17.4. The zero-order valence-corrected chi connectivity index (χ0v) is 14.2. The molecular weight excluding hydrogens is 296 g/mol. The van der Waals surface area contributed by atoms with E-state index in [1.165, 1.54) is 6.92 Å². The summed E-state index contributed by atoms with van der Waals surface area (Å²) in [5.74, 6) is 0.425. The molecular formula is C17H26N2O4. The summed E-state index contributed by atoms with van der Waals surface area (Å²) in [6.07, 6.45) is -0.729. The van der Waals surface area contributed by atoms with E-state index in [1.54, 1.807) is 36.2 Å². The van der Waals surface area contributed by atoms with Crippen molar-refractivity contribution in [1.82, 2.24) is 10.2 Å². The van der Waals surface area contributed by atoms with Gasteiger partial charge in [-0.2, -0.15) is 0 Å². The maximum absolute atomic E-state index is 11.6. The maximum Gasteiger partial charge on any atom is 0.234 e. The van der Waals surface area contributed by atoms with Crippen molar-refractivity contribution in [1.29, 1.82) is 0 Å². The third-order valence-corrected chi connectivity index (χ3v) is 3.07. The second-order valence-corrected chi connectivity index (χ2v) is 5.97. The minimum absolute atomic E-state index is 0.0353. The molecule has 1 rings (SSSR count). The summed E-state index contributed by atoms with van der Waals surface area (Å²) in [6.45, 7) is 5.92. The van der Waals surface area contributed by atoms with Gasteiger partial charge in [-0.1, -0.05) is 12.1 Å². The monoisotopic (exact) mass is 322 g/mol. The molecule has 0 aliphatic rings. The highest BCUT2D eigenvalue weighted by molar-refractivity contribution is 5.94. The molecule has 0 unspecified atom stereocenters. The summed E-state index contributed by atoms with van der Waals surface area (Å²) in [4.78, 5) is 24.7. The van der Waals surface area contributed by atoms with Gasteiger partial charge in [0.15, 0.2) is 5.78 Å². The van der Waals surface area contributed by atoms with Crippen LogP contribution in [0.25, 0.3) is 0 Å². The molecule has 0 aliphatic heterocycles. The van der Waals surface area contributed by atoms with E-state index in [0.717, 1.165) is 0 Å². The van der Waals surface area contributed by atoms with Crippen molar-refractivity contribution in [3.8, 4) is 5.75 Å². The van der Waals surface area contributed by atoms with Crippen LogP contribution in [0.2, 0.25) is 0 Å². The van der Waals surface area contributed by atoms with Crippen molar-refractivity contribution in [3.63, 3.8) is 0 Å². The van der Waals surface area contributed by atoms with E-state index >= 15 is 0 Å². The molecule has 0 saturated carbocycles. The molecule has 1 aromatic rings. The Labute approximate surface area is 137 Å². The summed E-state index contributed by atoms with van der Waals surface area (Å²) in [5.41, 5.74) is 0.569. The van der Waals surface area contributed by atoms with E-state index in [1.807, 2.05) is 13.8 Å². The van der Waals surface area contributed by atoms with Gasteiger partial charge in [0, 0.05) is 18.2 Å². The molecule has 1 aromatic carbocycles. The smallest absolute Gasteiger partial charge is 0.234 e. The number of amides is 1. The van der Waals surface area contributed by atoms with E-state index < -0.39 is 6.10 Å². The van der Waals surface area contributed by atoms with E-state index in [2.05, 4.69) is 5.32 Å². The fourth-order valence-electron chi connectivity index (χ4n) is 2.09. The SMILES string of the molecule is CC(=O)c1cccc(OC[C@H](O)CN(C)CC(=O)NC(C)C)c1. The van der Waals surface area contributed by atoms with E-state index in [-0.39, 0.29) is 30.9 Å². The summed E-state index contributed by atoms with van der Waals surface area (Å²) in [7, 11) is 1.76. The molecule has 0 fully saturated rings. The zero-order valence-electron chi connectivity index (χ0n) is 14.2. The number of aliphatic hydroxyl groups excluding tert-OH is 1. The number of Topliss-reactive ketones (excluding diaryl/α,β-unsaturated/α-hetero) is 1. The highest BCUT2D eigenvalue weighted by Crippen LogP contribution is 2.14. The van der Waals surface area contributed by atoms with Gasteiger partial charge in [-0.05, 0) is 40.0 Å². The Morgan fingerprint density at radius 2 is 2.04 bits per heavy atom. The first kappa shape index (κ1) is 19.1. The fraction of sp³-hybridized carbons (Fsp3) is 0.529. The Bertz CT molecular complexity index is 531. The normalized spacial score (nSPS) is 12.3. The van der Waals surface area contributed by atoms with E-state index in [4.69, 9.17) is 4.74 Å². The molecule has 0 spiro atoms. The number of carbonyl (C=O) groups is 2. The van der Waals surface area contributed by atoms with E-state index in [9.17, 15) is 14.7 Å². The number of hydrogen-bond donors (Lipinski definition) is 2. The average Bonchev–Trinajstić information content (AvgIpc) is 2.44. The summed E-state index contributed by atoms with van der Waals surface area (Å²) in [5, 5.41) is 12.8. The lowest BCUT2D eigenvalue weighted by atomic mass is 10.1. The summed E-state index contributed by atoms with van der Waals surface area (Å²) < 4.78 is 5.50. The molecule has 128 valence electrons. The van der Waals surface area contributed by atoms with Gasteiger partial charge in [0.05, 0.1) is 6.54 Å². The predicted octanol–water partition coefficient (Wildman–Crippen LogP) is 1.09.